The molecule has 0 aliphatic carbocycles. The fourth-order valence-corrected chi connectivity index (χ4v) is 5.99. The van der Waals surface area contributed by atoms with E-state index < -0.39 is 0 Å². The van der Waals surface area contributed by atoms with Gasteiger partial charge < -0.3 is 12.6 Å². The van der Waals surface area contributed by atoms with Crippen molar-refractivity contribution in [2.24, 2.45) is 0 Å². The molecule has 0 heterocycles. The summed E-state index contributed by atoms with van der Waals surface area (Å²) in [6.45, 7) is 8.31. The number of aryl methyl sites for hydroxylation is 2. The monoisotopic (exact) mass is 686 g/mol. The predicted molar refractivity (Wildman–Crippen MR) is 205 cm³/mol. The first-order valence-electron chi connectivity index (χ1n) is 15.5. The summed E-state index contributed by atoms with van der Waals surface area (Å²) in [5.74, 6) is 0. The summed E-state index contributed by atoms with van der Waals surface area (Å²) >= 11 is 0. The second-order valence-electron chi connectivity index (χ2n) is 11.4. The van der Waals surface area contributed by atoms with Crippen LogP contribution in [0.4, 0.5) is 0 Å². The Kier molecular flexibility index (Phi) is 12.6. The number of benzene rings is 6. The second-order valence-corrected chi connectivity index (χ2v) is 11.4. The minimum Gasteiger partial charge on any atom is -0.533 e. The fraction of sp³-hybridized carbons (Fsp3) is 0.0909. The van der Waals surface area contributed by atoms with Gasteiger partial charge in [0.05, 0.1) is 0 Å². The van der Waals surface area contributed by atoms with E-state index in [1.807, 2.05) is 20.3 Å². The molecule has 0 bridgehead atoms. The van der Waals surface area contributed by atoms with Gasteiger partial charge in [0.2, 0.25) is 0 Å². The molecule has 46 heavy (non-hydrogen) atoms. The number of fused-ring (bicyclic) bond motifs is 4. The molecule has 0 aromatic heterocycles. The van der Waals surface area contributed by atoms with Gasteiger partial charge in [0, 0.05) is 0 Å². The van der Waals surface area contributed by atoms with E-state index in [0.29, 0.717) is 0 Å². The standard InChI is InChI=1S/2C20H15.C3H7.CH3Si.Zr/c2*1-14-11-17-7-4-8-19(20(17)12-14)18-10-9-15-5-2-3-6-16(15)13-18;1-3-2;1-2;/h2*2-13H,1H3;3H,1-2H3;1H,2H2;/q4*-1;+4. The summed E-state index contributed by atoms with van der Waals surface area (Å²) in [5, 5.41) is 10.5. The molecule has 0 spiro atoms. The van der Waals surface area contributed by atoms with Crippen LogP contribution < -0.4 is 0 Å². The van der Waals surface area contributed by atoms with Gasteiger partial charge in [-0.05, 0) is 44.8 Å². The molecular weight excluding hydrogens is 648 g/mol. The zero-order valence-electron chi connectivity index (χ0n) is 27.2. The van der Waals surface area contributed by atoms with Gasteiger partial charge >= 0.3 is 26.2 Å². The van der Waals surface area contributed by atoms with Crippen molar-refractivity contribution >= 4 is 59.1 Å². The van der Waals surface area contributed by atoms with Gasteiger partial charge in [-0.3, -0.25) is 0 Å². The molecule has 8 rings (SSSR count). The SMILES string of the molecule is C[CH-]C.Cc1cc2c(-c3ccc4ccccc4c3)cccc2[cH-]1.Cc1cc2c(-c3ccc4ccccc4c3)cccc2[cH-]1.[CH-]=[SiH2].[Zr+4]. The Hall–Kier alpha value is -3.97. The molecule has 0 amide bonds. The third-order valence-electron chi connectivity index (χ3n) is 7.91. The van der Waals surface area contributed by atoms with Crippen molar-refractivity contribution in [2.45, 2.75) is 27.7 Å². The molecule has 8 aromatic rings. The van der Waals surface area contributed by atoms with Crippen LogP contribution >= 0.6 is 0 Å². The van der Waals surface area contributed by atoms with Crippen molar-refractivity contribution < 1.29 is 26.2 Å². The van der Waals surface area contributed by atoms with Crippen molar-refractivity contribution in [1.82, 2.24) is 0 Å². The Bertz CT molecular complexity index is 2020. The molecule has 8 aromatic carbocycles. The van der Waals surface area contributed by atoms with Crippen molar-refractivity contribution in [3.8, 4) is 22.3 Å². The van der Waals surface area contributed by atoms with E-state index in [0.717, 1.165) is 0 Å². The van der Waals surface area contributed by atoms with E-state index in [1.54, 1.807) is 0 Å². The van der Waals surface area contributed by atoms with Gasteiger partial charge in [0.25, 0.3) is 0 Å². The molecule has 2 heteroatoms. The Morgan fingerprint density at radius 3 is 1.24 bits per heavy atom. The number of hydrogen-bond donors (Lipinski definition) is 0. The molecule has 0 unspecified atom stereocenters. The first-order chi connectivity index (χ1) is 22.0. The van der Waals surface area contributed by atoms with Crippen molar-refractivity contribution in [3.05, 3.63) is 163 Å². The van der Waals surface area contributed by atoms with Crippen molar-refractivity contribution in [1.29, 1.82) is 0 Å². The van der Waals surface area contributed by atoms with Crippen LogP contribution in [-0.4, -0.2) is 16.0 Å². The Morgan fingerprint density at radius 2 is 0.848 bits per heavy atom. The Labute approximate surface area is 296 Å². The molecule has 0 saturated heterocycles. The molecule has 0 radical (unpaired) electrons. The third-order valence-corrected chi connectivity index (χ3v) is 7.91. The van der Waals surface area contributed by atoms with Gasteiger partial charge in [-0.2, -0.15) is 26.0 Å². The maximum atomic E-state index is 4.53. The summed E-state index contributed by atoms with van der Waals surface area (Å²) in [6.07, 6.45) is 6.53. The van der Waals surface area contributed by atoms with Gasteiger partial charge in [-0.15, -0.1) is 69.1 Å². The average Bonchev–Trinajstić information content (AvgIpc) is 3.66. The fourth-order valence-electron chi connectivity index (χ4n) is 5.99. The van der Waals surface area contributed by atoms with Crippen LogP contribution in [0, 0.1) is 20.3 Å². The van der Waals surface area contributed by atoms with Crippen LogP contribution in [0.2, 0.25) is 0 Å². The topological polar surface area (TPSA) is 0 Å². The van der Waals surface area contributed by atoms with E-state index in [-0.39, 0.29) is 26.2 Å². The smallest absolute Gasteiger partial charge is 0.533 e. The first kappa shape index (κ1) is 34.9. The number of rotatable bonds is 2. The molecular formula is C44H40SiZr. The number of hydrogen-bond acceptors (Lipinski definition) is 0. The Morgan fingerprint density at radius 1 is 0.478 bits per heavy atom. The maximum absolute atomic E-state index is 4.53. The van der Waals surface area contributed by atoms with Crippen molar-refractivity contribution in [3.63, 3.8) is 0 Å². The second kappa shape index (κ2) is 16.5. The van der Waals surface area contributed by atoms with E-state index in [9.17, 15) is 0 Å². The van der Waals surface area contributed by atoms with Crippen LogP contribution in [0.25, 0.3) is 65.3 Å². The van der Waals surface area contributed by atoms with E-state index in [4.69, 9.17) is 0 Å². The molecule has 224 valence electrons. The summed E-state index contributed by atoms with van der Waals surface area (Å²) in [5.41, 5.74) is 7.88. The van der Waals surface area contributed by atoms with Gasteiger partial charge in [-0.1, -0.05) is 110 Å². The van der Waals surface area contributed by atoms with E-state index in [2.05, 4.69) is 166 Å². The molecule has 0 atom stereocenters. The average molecular weight is 688 g/mol. The zero-order chi connectivity index (χ0) is 31.8. The minimum absolute atomic E-state index is 0. The summed E-state index contributed by atoms with van der Waals surface area (Å²) in [7, 11) is 1.36. The van der Waals surface area contributed by atoms with Crippen LogP contribution in [0.1, 0.15) is 25.0 Å². The van der Waals surface area contributed by atoms with Gasteiger partial charge in [0.15, 0.2) is 0 Å². The maximum Gasteiger partial charge on any atom is 4.00 e. The molecule has 0 aliphatic heterocycles. The van der Waals surface area contributed by atoms with Crippen LogP contribution in [0.5, 0.6) is 0 Å². The molecule has 0 N–H and O–H groups in total. The third kappa shape index (κ3) is 7.87. The van der Waals surface area contributed by atoms with Crippen molar-refractivity contribution in [2.75, 3.05) is 0 Å². The summed E-state index contributed by atoms with van der Waals surface area (Å²) in [6, 6.07) is 52.6. The summed E-state index contributed by atoms with van der Waals surface area (Å²) in [4.78, 5) is 0. The van der Waals surface area contributed by atoms with Crippen LogP contribution in [0.3, 0.4) is 0 Å². The van der Waals surface area contributed by atoms with Crippen LogP contribution in [0.15, 0.2) is 146 Å². The quantitative estimate of drug-likeness (QED) is 0.125. The summed E-state index contributed by atoms with van der Waals surface area (Å²) < 4.78 is 0. The predicted octanol–water partition coefficient (Wildman–Crippen LogP) is 11.5. The van der Waals surface area contributed by atoms with Gasteiger partial charge in [0.1, 0.15) is 0 Å². The normalized spacial score (nSPS) is 10.3. The Balaban J connectivity index is 0.000000180. The molecule has 0 aliphatic rings. The largest absolute Gasteiger partial charge is 4.00 e. The zero-order valence-corrected chi connectivity index (χ0v) is 31.1. The first-order valence-corrected chi connectivity index (χ1v) is 16.3. The van der Waals surface area contributed by atoms with E-state index in [1.165, 1.54) is 86.3 Å². The van der Waals surface area contributed by atoms with Gasteiger partial charge in [-0.25, -0.2) is 9.85 Å². The minimum atomic E-state index is 0. The van der Waals surface area contributed by atoms with E-state index >= 15 is 0 Å². The molecule has 0 fully saturated rings. The molecule has 0 nitrogen and oxygen atoms in total. The van der Waals surface area contributed by atoms with Crippen LogP contribution in [-0.2, 0) is 26.2 Å². The molecule has 0 saturated carbocycles.